The molecular formula is C22H27N3O5. The number of anilines is 1. The molecule has 0 aliphatic carbocycles. The van der Waals surface area contributed by atoms with E-state index in [1.807, 2.05) is 54.6 Å². The van der Waals surface area contributed by atoms with Crippen molar-refractivity contribution in [2.45, 2.75) is 19.1 Å². The zero-order valence-electron chi connectivity index (χ0n) is 17.0. The molecular weight excluding hydrogens is 386 g/mol. The second-order valence-electron chi connectivity index (χ2n) is 6.63. The highest BCUT2D eigenvalue weighted by molar-refractivity contribution is 6.10. The average Bonchev–Trinajstić information content (AvgIpc) is 3.23. The molecule has 0 saturated heterocycles. The summed E-state index contributed by atoms with van der Waals surface area (Å²) in [6.45, 7) is 1.60. The van der Waals surface area contributed by atoms with Crippen molar-refractivity contribution in [1.82, 2.24) is 5.32 Å². The molecule has 1 atom stereocenters. The van der Waals surface area contributed by atoms with E-state index in [1.165, 1.54) is 0 Å². The molecule has 2 aromatic carbocycles. The Hall–Kier alpha value is -2.94. The molecule has 1 unspecified atom stereocenters. The normalized spacial score (nSPS) is 15.7. The molecule has 2 N–H and O–H groups in total. The van der Waals surface area contributed by atoms with Gasteiger partial charge in [0.2, 0.25) is 0 Å². The number of aliphatic hydroxyl groups excluding tert-OH is 1. The van der Waals surface area contributed by atoms with Crippen LogP contribution in [0.25, 0.3) is 0 Å². The third-order valence-corrected chi connectivity index (χ3v) is 4.36. The zero-order chi connectivity index (χ0) is 21.2. The Bertz CT molecular complexity index is 826. The Labute approximate surface area is 176 Å². The number of aliphatic hydroxyl groups is 1. The van der Waals surface area contributed by atoms with Gasteiger partial charge in [0.25, 0.3) is 12.1 Å². The summed E-state index contributed by atoms with van der Waals surface area (Å²) in [5.41, 5.74) is 1.57. The topological polar surface area (TPSA) is 92.6 Å². The quantitative estimate of drug-likeness (QED) is 0.548. The molecule has 30 heavy (non-hydrogen) atoms. The van der Waals surface area contributed by atoms with Crippen LogP contribution in [-0.4, -0.2) is 56.6 Å². The van der Waals surface area contributed by atoms with Gasteiger partial charge in [0, 0.05) is 38.9 Å². The summed E-state index contributed by atoms with van der Waals surface area (Å²) in [5.74, 6) is 0.941. The number of nitrogens with one attached hydrogen (secondary N) is 1. The van der Waals surface area contributed by atoms with Crippen molar-refractivity contribution in [3.8, 4) is 5.75 Å². The first-order valence-corrected chi connectivity index (χ1v) is 9.93. The molecule has 2 aromatic rings. The zero-order valence-corrected chi connectivity index (χ0v) is 17.0. The van der Waals surface area contributed by atoms with Gasteiger partial charge < -0.3 is 19.9 Å². The number of amides is 1. The van der Waals surface area contributed by atoms with Crippen LogP contribution in [0.2, 0.25) is 0 Å². The smallest absolute Gasteiger partial charge is 0.274 e. The molecule has 0 aromatic heterocycles. The van der Waals surface area contributed by atoms with Gasteiger partial charge in [-0.1, -0.05) is 18.2 Å². The van der Waals surface area contributed by atoms with Crippen LogP contribution in [0, 0.1) is 0 Å². The van der Waals surface area contributed by atoms with E-state index in [9.17, 15) is 4.79 Å². The summed E-state index contributed by atoms with van der Waals surface area (Å²) in [6, 6.07) is 16.9. The predicted octanol–water partition coefficient (Wildman–Crippen LogP) is 2.12. The molecule has 0 bridgehead atoms. The lowest BCUT2D eigenvalue weighted by atomic mass is 10.2. The molecule has 1 amide bonds. The van der Waals surface area contributed by atoms with Crippen LogP contribution in [0.4, 0.5) is 5.69 Å². The van der Waals surface area contributed by atoms with Gasteiger partial charge in [-0.25, -0.2) is 14.9 Å². The summed E-state index contributed by atoms with van der Waals surface area (Å²) in [6.07, 6.45) is 0.319. The fourth-order valence-electron chi connectivity index (χ4n) is 2.85. The van der Waals surface area contributed by atoms with Crippen LogP contribution in [-0.2, 0) is 14.4 Å². The van der Waals surface area contributed by atoms with Crippen molar-refractivity contribution in [2.75, 3.05) is 38.5 Å². The van der Waals surface area contributed by atoms with E-state index in [2.05, 4.69) is 10.3 Å². The first kappa shape index (κ1) is 21.8. The molecule has 160 valence electrons. The Morgan fingerprint density at radius 1 is 1.13 bits per heavy atom. The average molecular weight is 413 g/mol. The molecule has 1 heterocycles. The minimum absolute atomic E-state index is 0.0905. The summed E-state index contributed by atoms with van der Waals surface area (Å²) in [7, 11) is 1.62. The minimum atomic E-state index is -0.969. The van der Waals surface area contributed by atoms with Crippen LogP contribution in [0.1, 0.15) is 18.4 Å². The standard InChI is InChI=1S/C22H27N3O5/c1-28-15-5-13-23-21(27)22-24-20(25(30-22)18-7-3-2-4-8-18)17-9-11-19(12-10-17)29-16-6-14-26/h2-4,7-12,22,26H,5-6,13-16H2,1H3,(H,23,27). The van der Waals surface area contributed by atoms with Gasteiger partial charge in [0.1, 0.15) is 5.75 Å². The van der Waals surface area contributed by atoms with E-state index in [0.29, 0.717) is 44.2 Å². The summed E-state index contributed by atoms with van der Waals surface area (Å²) >= 11 is 0. The number of methoxy groups -OCH3 is 1. The number of hydroxylamine groups is 1. The van der Waals surface area contributed by atoms with Gasteiger partial charge in [-0.05, 0) is 42.8 Å². The van der Waals surface area contributed by atoms with Gasteiger partial charge >= 0.3 is 0 Å². The van der Waals surface area contributed by atoms with E-state index in [1.54, 1.807) is 12.2 Å². The molecule has 8 nitrogen and oxygen atoms in total. The SMILES string of the molecule is COCCCNC(=O)C1N=C(c2ccc(OCCCO)cc2)N(c2ccccc2)O1. The molecule has 0 spiro atoms. The number of ether oxygens (including phenoxy) is 2. The van der Waals surface area contributed by atoms with Crippen molar-refractivity contribution in [3.63, 3.8) is 0 Å². The molecule has 1 aliphatic heterocycles. The highest BCUT2D eigenvalue weighted by atomic mass is 16.7. The van der Waals surface area contributed by atoms with Gasteiger partial charge in [0.05, 0.1) is 12.3 Å². The molecule has 8 heteroatoms. The highest BCUT2D eigenvalue weighted by Crippen LogP contribution is 2.26. The number of hydrogen-bond donors (Lipinski definition) is 2. The Morgan fingerprint density at radius 2 is 1.90 bits per heavy atom. The first-order chi connectivity index (χ1) is 14.7. The number of carbonyl (C=O) groups is 1. The summed E-state index contributed by atoms with van der Waals surface area (Å²) in [5, 5.41) is 13.3. The fourth-order valence-corrected chi connectivity index (χ4v) is 2.85. The highest BCUT2D eigenvalue weighted by Gasteiger charge is 2.33. The maximum Gasteiger partial charge on any atom is 0.274 e. The van der Waals surface area contributed by atoms with Gasteiger partial charge in [0.15, 0.2) is 5.84 Å². The van der Waals surface area contributed by atoms with Gasteiger partial charge in [-0.3, -0.25) is 4.79 Å². The molecule has 0 saturated carbocycles. The number of para-hydroxylation sites is 1. The van der Waals surface area contributed by atoms with Crippen molar-refractivity contribution in [2.24, 2.45) is 4.99 Å². The van der Waals surface area contributed by atoms with E-state index in [4.69, 9.17) is 19.4 Å². The van der Waals surface area contributed by atoms with Crippen molar-refractivity contribution in [1.29, 1.82) is 0 Å². The number of hydrogen-bond acceptors (Lipinski definition) is 7. The van der Waals surface area contributed by atoms with Crippen LogP contribution in [0.5, 0.6) is 5.75 Å². The predicted molar refractivity (Wildman–Crippen MR) is 113 cm³/mol. The molecule has 1 aliphatic rings. The number of carbonyl (C=O) groups excluding carboxylic acids is 1. The molecule has 0 fully saturated rings. The van der Waals surface area contributed by atoms with Crippen LogP contribution >= 0.6 is 0 Å². The lowest BCUT2D eigenvalue weighted by Gasteiger charge is -2.20. The van der Waals surface area contributed by atoms with Crippen molar-refractivity contribution in [3.05, 3.63) is 60.2 Å². The fraction of sp³-hybridized carbons (Fsp3) is 0.364. The lowest BCUT2D eigenvalue weighted by Crippen LogP contribution is -2.37. The van der Waals surface area contributed by atoms with Crippen molar-refractivity contribution >= 4 is 17.4 Å². The monoisotopic (exact) mass is 413 g/mol. The van der Waals surface area contributed by atoms with E-state index in [0.717, 1.165) is 11.3 Å². The van der Waals surface area contributed by atoms with Crippen LogP contribution < -0.4 is 15.1 Å². The Morgan fingerprint density at radius 3 is 2.60 bits per heavy atom. The minimum Gasteiger partial charge on any atom is -0.494 e. The van der Waals surface area contributed by atoms with E-state index < -0.39 is 6.23 Å². The molecule has 0 radical (unpaired) electrons. The third-order valence-electron chi connectivity index (χ3n) is 4.36. The maximum absolute atomic E-state index is 12.5. The van der Waals surface area contributed by atoms with Crippen LogP contribution in [0.15, 0.2) is 59.6 Å². The second kappa shape index (κ2) is 11.3. The van der Waals surface area contributed by atoms with Crippen LogP contribution in [0.3, 0.4) is 0 Å². The Balaban J connectivity index is 1.75. The second-order valence-corrected chi connectivity index (χ2v) is 6.63. The van der Waals surface area contributed by atoms with E-state index in [-0.39, 0.29) is 12.5 Å². The van der Waals surface area contributed by atoms with Gasteiger partial charge in [-0.2, -0.15) is 0 Å². The largest absolute Gasteiger partial charge is 0.494 e. The Kier molecular flexibility index (Phi) is 8.20. The summed E-state index contributed by atoms with van der Waals surface area (Å²) < 4.78 is 10.6. The number of rotatable bonds is 11. The van der Waals surface area contributed by atoms with Gasteiger partial charge in [-0.15, -0.1) is 0 Å². The first-order valence-electron chi connectivity index (χ1n) is 9.93. The van der Waals surface area contributed by atoms with Crippen molar-refractivity contribution < 1.29 is 24.2 Å². The lowest BCUT2D eigenvalue weighted by molar-refractivity contribution is -0.131. The number of amidine groups is 1. The summed E-state index contributed by atoms with van der Waals surface area (Å²) in [4.78, 5) is 22.9. The molecule has 3 rings (SSSR count). The third kappa shape index (κ3) is 5.79. The maximum atomic E-state index is 12.5. The number of benzene rings is 2. The van der Waals surface area contributed by atoms with E-state index >= 15 is 0 Å². The number of nitrogens with zero attached hydrogens (tertiary/aromatic N) is 2. The number of aliphatic imine (C=N–C) groups is 1.